The minimum atomic E-state index is -0.789. The van der Waals surface area contributed by atoms with E-state index in [1.807, 2.05) is 0 Å². The van der Waals surface area contributed by atoms with Crippen LogP contribution in [0, 0.1) is 0 Å². The minimum absolute atomic E-state index is 0.118. The van der Waals surface area contributed by atoms with Gasteiger partial charge in [0.05, 0.1) is 33.1 Å². The number of aromatic nitrogens is 2. The first kappa shape index (κ1) is 21.0. The van der Waals surface area contributed by atoms with Crippen molar-refractivity contribution in [2.24, 2.45) is 12.1 Å². The quantitative estimate of drug-likeness (QED) is 0.722. The van der Waals surface area contributed by atoms with Crippen LogP contribution in [0.1, 0.15) is 30.5 Å². The van der Waals surface area contributed by atoms with Gasteiger partial charge in [-0.05, 0) is 17.7 Å². The number of benzene rings is 1. The molecule has 30 heavy (non-hydrogen) atoms. The van der Waals surface area contributed by atoms with Crippen LogP contribution in [0.15, 0.2) is 26.8 Å². The number of hydrazone groups is 1. The average molecular weight is 418 g/mol. The summed E-state index contributed by atoms with van der Waals surface area (Å²) < 4.78 is 17.0. The number of rotatable bonds is 5. The van der Waals surface area contributed by atoms with Crippen LogP contribution in [0.25, 0.3) is 0 Å². The maximum absolute atomic E-state index is 12.3. The van der Waals surface area contributed by atoms with Gasteiger partial charge in [-0.25, -0.2) is 9.80 Å². The molecule has 1 atom stereocenters. The Balaban J connectivity index is 2.13. The molecule has 0 saturated carbocycles. The summed E-state index contributed by atoms with van der Waals surface area (Å²) in [6.07, 6.45) is 0.118. The van der Waals surface area contributed by atoms with Crippen molar-refractivity contribution in [3.8, 4) is 23.1 Å². The Morgan fingerprint density at radius 3 is 2.27 bits per heavy atom. The molecule has 0 radical (unpaired) electrons. The van der Waals surface area contributed by atoms with Crippen molar-refractivity contribution in [3.05, 3.63) is 44.1 Å². The fourth-order valence-corrected chi connectivity index (χ4v) is 3.37. The van der Waals surface area contributed by atoms with Crippen LogP contribution >= 0.6 is 0 Å². The highest BCUT2D eigenvalue weighted by Gasteiger charge is 2.35. The summed E-state index contributed by atoms with van der Waals surface area (Å²) in [5.41, 5.74) is -0.927. The van der Waals surface area contributed by atoms with Crippen LogP contribution in [-0.4, -0.2) is 52.6 Å². The van der Waals surface area contributed by atoms with Crippen LogP contribution in [0.5, 0.6) is 23.1 Å². The number of ether oxygens (including phenoxy) is 3. The van der Waals surface area contributed by atoms with Gasteiger partial charge in [0.2, 0.25) is 17.5 Å². The second-order valence-corrected chi connectivity index (χ2v) is 6.61. The number of carbonyl (C=O) groups is 1. The Morgan fingerprint density at radius 2 is 1.77 bits per heavy atom. The molecule has 1 aliphatic rings. The van der Waals surface area contributed by atoms with Crippen molar-refractivity contribution >= 4 is 11.6 Å². The number of aromatic amines is 1. The summed E-state index contributed by atoms with van der Waals surface area (Å²) in [5, 5.41) is 15.8. The van der Waals surface area contributed by atoms with Crippen molar-refractivity contribution in [3.63, 3.8) is 0 Å². The van der Waals surface area contributed by atoms with Gasteiger partial charge in [0, 0.05) is 20.4 Å². The van der Waals surface area contributed by atoms with Gasteiger partial charge in [-0.2, -0.15) is 5.10 Å². The predicted octanol–water partition coefficient (Wildman–Crippen LogP) is 0.503. The van der Waals surface area contributed by atoms with Crippen molar-refractivity contribution in [1.82, 2.24) is 14.6 Å². The highest BCUT2D eigenvalue weighted by molar-refractivity contribution is 6.04. The molecule has 0 bridgehead atoms. The van der Waals surface area contributed by atoms with Gasteiger partial charge in [-0.3, -0.25) is 19.1 Å². The summed E-state index contributed by atoms with van der Waals surface area (Å²) in [6.45, 7) is 1.34. The Kier molecular flexibility index (Phi) is 5.54. The molecule has 2 aromatic rings. The zero-order valence-electron chi connectivity index (χ0n) is 17.2. The van der Waals surface area contributed by atoms with Gasteiger partial charge in [0.15, 0.2) is 11.5 Å². The van der Waals surface area contributed by atoms with Crippen molar-refractivity contribution in [1.29, 1.82) is 0 Å². The molecule has 11 nitrogen and oxygen atoms in total. The predicted molar refractivity (Wildman–Crippen MR) is 106 cm³/mol. The van der Waals surface area contributed by atoms with E-state index < -0.39 is 23.2 Å². The van der Waals surface area contributed by atoms with Crippen LogP contribution in [0.3, 0.4) is 0 Å². The standard InChI is InChI=1S/C19H22N4O7/c1-9(24)23-12(10-6-13(28-3)16(30-5)14(7-10)29-4)8-11(21-23)15-17(25)20-19(27)22(2)18(15)26/h6-7,12,26H,8H2,1-5H3,(H,20,25,27)/t12-/m1/s1. The third-order valence-electron chi connectivity index (χ3n) is 4.89. The van der Waals surface area contributed by atoms with E-state index in [2.05, 4.69) is 10.1 Å². The Bertz CT molecular complexity index is 1120. The molecule has 1 amide bonds. The first-order valence-electron chi connectivity index (χ1n) is 8.93. The van der Waals surface area contributed by atoms with E-state index in [9.17, 15) is 19.5 Å². The number of methoxy groups -OCH3 is 3. The van der Waals surface area contributed by atoms with Gasteiger partial charge in [0.25, 0.3) is 5.56 Å². The molecule has 1 aliphatic heterocycles. The van der Waals surface area contributed by atoms with Crippen LogP contribution in [-0.2, 0) is 11.8 Å². The monoisotopic (exact) mass is 418 g/mol. The highest BCUT2D eigenvalue weighted by Crippen LogP contribution is 2.43. The molecule has 160 valence electrons. The lowest BCUT2D eigenvalue weighted by atomic mass is 9.98. The molecule has 2 heterocycles. The zero-order valence-corrected chi connectivity index (χ0v) is 17.2. The summed E-state index contributed by atoms with van der Waals surface area (Å²) >= 11 is 0. The molecule has 2 N–H and O–H groups in total. The number of hydrogen-bond acceptors (Lipinski definition) is 8. The zero-order chi connectivity index (χ0) is 22.2. The first-order chi connectivity index (χ1) is 14.2. The number of nitrogens with one attached hydrogen (secondary N) is 1. The number of aromatic hydroxyl groups is 1. The smallest absolute Gasteiger partial charge is 0.330 e. The molecule has 11 heteroatoms. The third-order valence-corrected chi connectivity index (χ3v) is 4.89. The summed E-state index contributed by atoms with van der Waals surface area (Å²) in [4.78, 5) is 38.4. The van der Waals surface area contributed by atoms with Crippen molar-refractivity contribution in [2.45, 2.75) is 19.4 Å². The molecule has 3 rings (SSSR count). The maximum atomic E-state index is 12.3. The van der Waals surface area contributed by atoms with E-state index >= 15 is 0 Å². The molecule has 0 fully saturated rings. The van der Waals surface area contributed by atoms with Gasteiger partial charge in [0.1, 0.15) is 5.56 Å². The fourth-order valence-electron chi connectivity index (χ4n) is 3.37. The SMILES string of the molecule is COc1cc([C@H]2CC(c3c(O)n(C)c(=O)[nH]c3=O)=NN2C(C)=O)cc(OC)c1OC. The van der Waals surface area contributed by atoms with Crippen LogP contribution < -0.4 is 25.5 Å². The number of carbonyl (C=O) groups excluding carboxylic acids is 1. The lowest BCUT2D eigenvalue weighted by Crippen LogP contribution is -2.32. The summed E-state index contributed by atoms with van der Waals surface area (Å²) in [7, 11) is 5.74. The van der Waals surface area contributed by atoms with Gasteiger partial charge < -0.3 is 19.3 Å². The van der Waals surface area contributed by atoms with Crippen molar-refractivity contribution in [2.75, 3.05) is 21.3 Å². The highest BCUT2D eigenvalue weighted by atomic mass is 16.5. The normalized spacial score (nSPS) is 15.7. The minimum Gasteiger partial charge on any atom is -0.494 e. The second kappa shape index (κ2) is 7.93. The number of H-pyrrole nitrogens is 1. The largest absolute Gasteiger partial charge is 0.494 e. The van der Waals surface area contributed by atoms with Gasteiger partial charge >= 0.3 is 5.69 Å². The second-order valence-electron chi connectivity index (χ2n) is 6.61. The number of amides is 1. The maximum Gasteiger partial charge on any atom is 0.330 e. The van der Waals surface area contributed by atoms with E-state index in [0.29, 0.717) is 22.8 Å². The third kappa shape index (κ3) is 3.38. The van der Waals surface area contributed by atoms with Crippen LogP contribution in [0.4, 0.5) is 0 Å². The summed E-state index contributed by atoms with van der Waals surface area (Å²) in [5.74, 6) is 0.281. The molecule has 1 aromatic carbocycles. The van der Waals surface area contributed by atoms with Gasteiger partial charge in [-0.15, -0.1) is 0 Å². The van der Waals surface area contributed by atoms with Crippen molar-refractivity contribution < 1.29 is 24.1 Å². The molecule has 0 spiro atoms. The lowest BCUT2D eigenvalue weighted by Gasteiger charge is -2.22. The molecule has 1 aromatic heterocycles. The fraction of sp³-hybridized carbons (Fsp3) is 0.368. The van der Waals surface area contributed by atoms with E-state index in [4.69, 9.17) is 14.2 Å². The molecular weight excluding hydrogens is 396 g/mol. The molecule has 0 aliphatic carbocycles. The van der Waals surface area contributed by atoms with Crippen LogP contribution in [0.2, 0.25) is 0 Å². The Morgan fingerprint density at radius 1 is 1.17 bits per heavy atom. The molecular formula is C19H22N4O7. The average Bonchev–Trinajstić information content (AvgIpc) is 3.16. The topological polar surface area (TPSA) is 135 Å². The number of hydrogen-bond donors (Lipinski definition) is 2. The van der Waals surface area contributed by atoms with E-state index in [-0.39, 0.29) is 23.6 Å². The summed E-state index contributed by atoms with van der Waals surface area (Å²) in [6, 6.07) is 2.78. The van der Waals surface area contributed by atoms with E-state index in [1.165, 1.54) is 40.3 Å². The van der Waals surface area contributed by atoms with Gasteiger partial charge in [-0.1, -0.05) is 0 Å². The first-order valence-corrected chi connectivity index (χ1v) is 8.93. The van der Waals surface area contributed by atoms with E-state index in [0.717, 1.165) is 4.57 Å². The Hall–Kier alpha value is -3.76. The number of nitrogens with zero attached hydrogens (tertiary/aromatic N) is 3. The lowest BCUT2D eigenvalue weighted by molar-refractivity contribution is -0.130. The van der Waals surface area contributed by atoms with E-state index in [1.54, 1.807) is 12.1 Å². The molecule has 0 saturated heterocycles. The molecule has 0 unspecified atom stereocenters. The Labute approximate surface area is 171 Å².